The molecule has 1 amide bonds. The van der Waals surface area contributed by atoms with Crippen LogP contribution in [-0.2, 0) is 16.0 Å². The summed E-state index contributed by atoms with van der Waals surface area (Å²) >= 11 is 0. The average molecular weight is 267 g/mol. The quantitative estimate of drug-likeness (QED) is 0.779. The number of nitrogens with zero attached hydrogens (tertiary/aromatic N) is 2. The van der Waals surface area contributed by atoms with E-state index in [9.17, 15) is 14.4 Å². The normalized spacial score (nSPS) is 11.9. The molecule has 104 valence electrons. The van der Waals surface area contributed by atoms with Crippen molar-refractivity contribution in [1.82, 2.24) is 14.9 Å². The van der Waals surface area contributed by atoms with E-state index in [2.05, 4.69) is 10.3 Å². The Labute approximate surface area is 110 Å². The maximum Gasteiger partial charge on any atom is 0.326 e. The topological polar surface area (TPSA) is 101 Å². The van der Waals surface area contributed by atoms with Gasteiger partial charge in [-0.3, -0.25) is 14.2 Å². The predicted molar refractivity (Wildman–Crippen MR) is 66.7 cm³/mol. The van der Waals surface area contributed by atoms with Gasteiger partial charge in [0.25, 0.3) is 0 Å². The van der Waals surface area contributed by atoms with Crippen LogP contribution in [0, 0.1) is 0 Å². The van der Waals surface area contributed by atoms with E-state index in [4.69, 9.17) is 5.11 Å². The van der Waals surface area contributed by atoms with E-state index in [-0.39, 0.29) is 24.7 Å². The van der Waals surface area contributed by atoms with Crippen molar-refractivity contribution in [3.63, 3.8) is 0 Å². The average Bonchev–Trinajstić information content (AvgIpc) is 2.85. The van der Waals surface area contributed by atoms with Gasteiger partial charge in [0.1, 0.15) is 12.4 Å². The van der Waals surface area contributed by atoms with Gasteiger partial charge in [0, 0.05) is 25.5 Å². The van der Waals surface area contributed by atoms with Crippen molar-refractivity contribution in [2.45, 2.75) is 39.2 Å². The largest absolute Gasteiger partial charge is 0.480 e. The van der Waals surface area contributed by atoms with Gasteiger partial charge < -0.3 is 10.4 Å². The third kappa shape index (κ3) is 4.20. The lowest BCUT2D eigenvalue weighted by Gasteiger charge is -2.12. The molecule has 0 spiro atoms. The monoisotopic (exact) mass is 267 g/mol. The van der Waals surface area contributed by atoms with Crippen LogP contribution in [-0.4, -0.2) is 38.5 Å². The Hall–Kier alpha value is -2.18. The molecule has 0 saturated carbocycles. The number of carbonyl (C=O) groups excluding carboxylic acids is 2. The number of nitrogens with one attached hydrogen (secondary N) is 1. The van der Waals surface area contributed by atoms with Crippen molar-refractivity contribution in [2.75, 3.05) is 0 Å². The summed E-state index contributed by atoms with van der Waals surface area (Å²) in [6.07, 6.45) is 3.43. The van der Waals surface area contributed by atoms with Crippen molar-refractivity contribution in [3.05, 3.63) is 18.2 Å². The van der Waals surface area contributed by atoms with E-state index in [0.29, 0.717) is 12.1 Å². The zero-order valence-corrected chi connectivity index (χ0v) is 10.9. The van der Waals surface area contributed by atoms with Gasteiger partial charge in [-0.1, -0.05) is 13.8 Å². The molecule has 1 aromatic heterocycles. The van der Waals surface area contributed by atoms with Crippen molar-refractivity contribution in [2.24, 2.45) is 0 Å². The molecule has 0 aliphatic heterocycles. The number of carboxylic acids is 1. The number of amides is 1. The highest BCUT2D eigenvalue weighted by Gasteiger charge is 2.21. The van der Waals surface area contributed by atoms with Crippen molar-refractivity contribution in [3.8, 4) is 0 Å². The highest BCUT2D eigenvalue weighted by atomic mass is 16.4. The summed E-state index contributed by atoms with van der Waals surface area (Å²) < 4.78 is 1.32. The van der Waals surface area contributed by atoms with E-state index in [0.717, 1.165) is 0 Å². The lowest BCUT2D eigenvalue weighted by atomic mass is 10.1. The maximum atomic E-state index is 11.4. The molecule has 0 aliphatic carbocycles. The molecular formula is C12H17N3O4. The summed E-state index contributed by atoms with van der Waals surface area (Å²) in [5.74, 6) is -1.59. The first-order valence-corrected chi connectivity index (χ1v) is 6.06. The number of carboxylic acid groups (broad SMARTS) is 1. The Morgan fingerprint density at radius 3 is 2.58 bits per heavy atom. The van der Waals surface area contributed by atoms with Gasteiger partial charge >= 0.3 is 5.97 Å². The molecule has 1 heterocycles. The van der Waals surface area contributed by atoms with E-state index >= 15 is 0 Å². The summed E-state index contributed by atoms with van der Waals surface area (Å²) in [6, 6.07) is -1.03. The molecule has 0 unspecified atom stereocenters. The van der Waals surface area contributed by atoms with E-state index in [1.807, 2.05) is 0 Å². The second-order valence-electron chi connectivity index (χ2n) is 4.04. The van der Waals surface area contributed by atoms with Gasteiger partial charge in [0.15, 0.2) is 0 Å². The lowest BCUT2D eigenvalue weighted by molar-refractivity contribution is -0.141. The zero-order valence-electron chi connectivity index (χ0n) is 10.9. The molecule has 2 N–H and O–H groups in total. The molecule has 0 saturated heterocycles. The molecule has 1 atom stereocenters. The van der Waals surface area contributed by atoms with Gasteiger partial charge in [-0.15, -0.1) is 0 Å². The molecule has 7 heteroatoms. The Balaban J connectivity index is 2.74. The van der Waals surface area contributed by atoms with Gasteiger partial charge in [0.05, 0.1) is 5.69 Å². The standard InChI is InChI=1S/C12H17N3O4/c1-3-10(16)14-9(12(18)19)5-8-6-15(7-13-8)11(17)4-2/h6-7,9H,3-5H2,1-2H3,(H,14,16)(H,18,19)/t9-/m0/s1. The first-order valence-electron chi connectivity index (χ1n) is 6.06. The summed E-state index contributed by atoms with van der Waals surface area (Å²) in [7, 11) is 0. The Bertz CT molecular complexity index is 481. The number of carbonyl (C=O) groups is 3. The first kappa shape index (κ1) is 14.9. The second-order valence-corrected chi connectivity index (χ2v) is 4.04. The van der Waals surface area contributed by atoms with E-state index < -0.39 is 12.0 Å². The van der Waals surface area contributed by atoms with Gasteiger partial charge in [-0.05, 0) is 0 Å². The van der Waals surface area contributed by atoms with E-state index in [1.165, 1.54) is 17.1 Å². The minimum atomic E-state index is -1.13. The fraction of sp³-hybridized carbons (Fsp3) is 0.500. The predicted octanol–water partition coefficient (Wildman–Crippen LogP) is 0.455. The Kier molecular flexibility index (Phi) is 5.23. The highest BCUT2D eigenvalue weighted by Crippen LogP contribution is 2.03. The third-order valence-electron chi connectivity index (χ3n) is 2.59. The third-order valence-corrected chi connectivity index (χ3v) is 2.59. The summed E-state index contributed by atoms with van der Waals surface area (Å²) in [5.41, 5.74) is 0.450. The molecule has 0 fully saturated rings. The SMILES string of the molecule is CCC(=O)N[C@@H](Cc1cn(C(=O)CC)cn1)C(=O)O. The van der Waals surface area contributed by atoms with Crippen LogP contribution in [0.2, 0.25) is 0 Å². The van der Waals surface area contributed by atoms with E-state index in [1.54, 1.807) is 13.8 Å². The minimum absolute atomic E-state index is 0.0467. The molecule has 1 aromatic rings. The van der Waals surface area contributed by atoms with Crippen molar-refractivity contribution >= 4 is 17.8 Å². The van der Waals surface area contributed by atoms with Crippen LogP contribution >= 0.6 is 0 Å². The van der Waals surface area contributed by atoms with Crippen molar-refractivity contribution in [1.29, 1.82) is 0 Å². The number of rotatable bonds is 6. The molecule has 19 heavy (non-hydrogen) atoms. The van der Waals surface area contributed by atoms with Crippen LogP contribution in [0.15, 0.2) is 12.5 Å². The fourth-order valence-electron chi connectivity index (χ4n) is 1.49. The molecule has 0 aliphatic rings. The fourth-order valence-corrected chi connectivity index (χ4v) is 1.49. The summed E-state index contributed by atoms with van der Waals surface area (Å²) in [4.78, 5) is 37.6. The van der Waals surface area contributed by atoms with Crippen molar-refractivity contribution < 1.29 is 19.5 Å². The van der Waals surface area contributed by atoms with Crippen LogP contribution in [0.4, 0.5) is 0 Å². The molecule has 1 rings (SSSR count). The Morgan fingerprint density at radius 1 is 1.37 bits per heavy atom. The van der Waals surface area contributed by atoms with Crippen LogP contribution in [0.5, 0.6) is 0 Å². The summed E-state index contributed by atoms with van der Waals surface area (Å²) in [5, 5.41) is 11.4. The van der Waals surface area contributed by atoms with Gasteiger partial charge in [-0.25, -0.2) is 9.78 Å². The number of aliphatic carboxylic acids is 1. The second kappa shape index (κ2) is 6.67. The van der Waals surface area contributed by atoms with Crippen LogP contribution in [0.1, 0.15) is 37.2 Å². The maximum absolute atomic E-state index is 11.4. The van der Waals surface area contributed by atoms with Crippen LogP contribution in [0.3, 0.4) is 0 Å². The first-order chi connectivity index (χ1) is 8.97. The van der Waals surface area contributed by atoms with Crippen LogP contribution < -0.4 is 5.32 Å². The number of imidazole rings is 1. The van der Waals surface area contributed by atoms with Crippen LogP contribution in [0.25, 0.3) is 0 Å². The molecule has 0 aromatic carbocycles. The molecule has 7 nitrogen and oxygen atoms in total. The van der Waals surface area contributed by atoms with Gasteiger partial charge in [0.2, 0.25) is 11.8 Å². The highest BCUT2D eigenvalue weighted by molar-refractivity contribution is 5.83. The number of hydrogen-bond acceptors (Lipinski definition) is 4. The molecule has 0 radical (unpaired) electrons. The smallest absolute Gasteiger partial charge is 0.326 e. The zero-order chi connectivity index (χ0) is 14.4. The Morgan fingerprint density at radius 2 is 2.05 bits per heavy atom. The number of aromatic nitrogens is 2. The minimum Gasteiger partial charge on any atom is -0.480 e. The molecular weight excluding hydrogens is 250 g/mol. The van der Waals surface area contributed by atoms with Gasteiger partial charge in [-0.2, -0.15) is 0 Å². The molecule has 0 bridgehead atoms. The lowest BCUT2D eigenvalue weighted by Crippen LogP contribution is -2.42. The summed E-state index contributed by atoms with van der Waals surface area (Å²) in [6.45, 7) is 3.37. The number of hydrogen-bond donors (Lipinski definition) is 2.